The molecule has 5 atom stereocenters. The van der Waals surface area contributed by atoms with Crippen LogP contribution in [-0.2, 0) is 30.4 Å². The van der Waals surface area contributed by atoms with E-state index in [1.807, 2.05) is 31.2 Å². The Bertz CT molecular complexity index is 1210. The lowest BCUT2D eigenvalue weighted by molar-refractivity contribution is -0.150. The van der Waals surface area contributed by atoms with Crippen molar-refractivity contribution in [3.8, 4) is 0 Å². The van der Waals surface area contributed by atoms with Gasteiger partial charge < -0.3 is 36.5 Å². The summed E-state index contributed by atoms with van der Waals surface area (Å²) in [4.78, 5) is 66.9. The van der Waals surface area contributed by atoms with E-state index in [1.165, 1.54) is 4.90 Å². The summed E-state index contributed by atoms with van der Waals surface area (Å²) in [5, 5.41) is 24.8. The average molecular weight is 544 g/mol. The molecule has 1 fully saturated rings. The van der Waals surface area contributed by atoms with Crippen molar-refractivity contribution in [1.82, 2.24) is 20.5 Å². The fourth-order valence-corrected chi connectivity index (χ4v) is 4.85. The Balaban J connectivity index is 1.73. The molecule has 2 heterocycles. The van der Waals surface area contributed by atoms with Crippen LogP contribution in [0.15, 0.2) is 30.5 Å². The molecule has 0 radical (unpaired) electrons. The van der Waals surface area contributed by atoms with E-state index >= 15 is 0 Å². The van der Waals surface area contributed by atoms with Gasteiger partial charge in [-0.2, -0.15) is 0 Å². The van der Waals surface area contributed by atoms with Crippen LogP contribution in [0, 0.1) is 5.92 Å². The molecule has 1 aromatic heterocycles. The van der Waals surface area contributed by atoms with Crippen molar-refractivity contribution in [3.63, 3.8) is 0 Å². The molecule has 0 bridgehead atoms. The number of amides is 3. The molecule has 0 spiro atoms. The summed E-state index contributed by atoms with van der Waals surface area (Å²) >= 11 is 0. The van der Waals surface area contributed by atoms with E-state index < -0.39 is 60.2 Å². The summed E-state index contributed by atoms with van der Waals surface area (Å²) in [7, 11) is 0. The van der Waals surface area contributed by atoms with Gasteiger partial charge in [-0.05, 0) is 43.2 Å². The zero-order valence-electron chi connectivity index (χ0n) is 22.2. The van der Waals surface area contributed by atoms with Gasteiger partial charge in [0.15, 0.2) is 0 Å². The van der Waals surface area contributed by atoms with Crippen molar-refractivity contribution < 1.29 is 34.2 Å². The van der Waals surface area contributed by atoms with E-state index in [2.05, 4.69) is 15.6 Å². The van der Waals surface area contributed by atoms with Gasteiger partial charge in [0.1, 0.15) is 18.1 Å². The molecular weight excluding hydrogens is 506 g/mol. The fourth-order valence-electron chi connectivity index (χ4n) is 4.85. The third-order valence-corrected chi connectivity index (χ3v) is 7.33. The number of nitrogens with zero attached hydrogens (tertiary/aromatic N) is 1. The SMILES string of the molecule is CCC(C)C(NC(=O)C(CCC(=O)O)NC(=O)C(N)Cc1c[nH]c2ccccc12)C(=O)N1CCCC1C(=O)O. The zero-order chi connectivity index (χ0) is 28.7. The highest BCUT2D eigenvalue weighted by Gasteiger charge is 2.40. The van der Waals surface area contributed by atoms with Gasteiger partial charge in [-0.25, -0.2) is 4.79 Å². The number of aliphatic carboxylic acids is 2. The summed E-state index contributed by atoms with van der Waals surface area (Å²) in [6, 6.07) is 3.27. The Kier molecular flexibility index (Phi) is 10.0. The number of nitrogens with one attached hydrogen (secondary N) is 3. The quantitative estimate of drug-likeness (QED) is 0.215. The van der Waals surface area contributed by atoms with Gasteiger partial charge in [0.25, 0.3) is 0 Å². The van der Waals surface area contributed by atoms with E-state index in [1.54, 1.807) is 13.1 Å². The number of rotatable bonds is 13. The number of para-hydroxylation sites is 1. The maximum Gasteiger partial charge on any atom is 0.326 e. The van der Waals surface area contributed by atoms with E-state index in [-0.39, 0.29) is 25.3 Å². The zero-order valence-corrected chi connectivity index (χ0v) is 22.2. The molecule has 1 aliphatic heterocycles. The highest BCUT2D eigenvalue weighted by Crippen LogP contribution is 2.22. The van der Waals surface area contributed by atoms with Crippen molar-refractivity contribution in [2.75, 3.05) is 6.54 Å². The van der Waals surface area contributed by atoms with Crippen molar-refractivity contribution in [1.29, 1.82) is 0 Å². The lowest BCUT2D eigenvalue weighted by atomic mass is 9.96. The van der Waals surface area contributed by atoms with Gasteiger partial charge in [0, 0.05) is 30.1 Å². The van der Waals surface area contributed by atoms with Gasteiger partial charge in [-0.3, -0.25) is 19.2 Å². The van der Waals surface area contributed by atoms with E-state index in [9.17, 15) is 34.2 Å². The first-order valence-corrected chi connectivity index (χ1v) is 13.2. The molecule has 12 heteroatoms. The van der Waals surface area contributed by atoms with Crippen LogP contribution in [0.25, 0.3) is 10.9 Å². The average Bonchev–Trinajstić information content (AvgIpc) is 3.56. The minimum absolute atomic E-state index is 0.183. The van der Waals surface area contributed by atoms with Crippen LogP contribution < -0.4 is 16.4 Å². The lowest BCUT2D eigenvalue weighted by Gasteiger charge is -2.31. The number of likely N-dealkylation sites (tertiary alicyclic amines) is 1. The van der Waals surface area contributed by atoms with Gasteiger partial charge in [-0.1, -0.05) is 38.5 Å². The first-order chi connectivity index (χ1) is 18.5. The lowest BCUT2D eigenvalue weighted by Crippen LogP contribution is -2.58. The van der Waals surface area contributed by atoms with Gasteiger partial charge in [-0.15, -0.1) is 0 Å². The molecule has 212 valence electrons. The molecular formula is C27H37N5O7. The molecule has 1 aromatic carbocycles. The molecule has 1 aliphatic rings. The Morgan fingerprint density at radius 3 is 2.51 bits per heavy atom. The normalized spacial score (nSPS) is 18.2. The smallest absolute Gasteiger partial charge is 0.326 e. The summed E-state index contributed by atoms with van der Waals surface area (Å²) in [6.45, 7) is 3.86. The molecule has 0 aliphatic carbocycles. The number of nitrogens with two attached hydrogens (primary N) is 1. The van der Waals surface area contributed by atoms with Gasteiger partial charge in [0.2, 0.25) is 17.7 Å². The molecule has 3 amide bonds. The summed E-state index contributed by atoms with van der Waals surface area (Å²) in [5.74, 6) is -4.47. The van der Waals surface area contributed by atoms with Gasteiger partial charge in [0.05, 0.1) is 6.04 Å². The number of carboxylic acids is 2. The third-order valence-electron chi connectivity index (χ3n) is 7.33. The molecule has 2 aromatic rings. The number of fused-ring (bicyclic) bond motifs is 1. The highest BCUT2D eigenvalue weighted by atomic mass is 16.4. The molecule has 5 unspecified atom stereocenters. The number of carbonyl (C=O) groups is 5. The monoisotopic (exact) mass is 543 g/mol. The van der Waals surface area contributed by atoms with Crippen molar-refractivity contribution >= 4 is 40.6 Å². The van der Waals surface area contributed by atoms with Gasteiger partial charge >= 0.3 is 11.9 Å². The number of aromatic amines is 1. The van der Waals surface area contributed by atoms with Crippen LogP contribution in [0.5, 0.6) is 0 Å². The Morgan fingerprint density at radius 1 is 1.13 bits per heavy atom. The van der Waals surface area contributed by atoms with Crippen LogP contribution in [0.3, 0.4) is 0 Å². The predicted molar refractivity (Wildman–Crippen MR) is 143 cm³/mol. The second kappa shape index (κ2) is 13.2. The molecule has 0 saturated carbocycles. The number of H-pyrrole nitrogens is 1. The second-order valence-electron chi connectivity index (χ2n) is 10.1. The van der Waals surface area contributed by atoms with Crippen molar-refractivity contribution in [2.24, 2.45) is 11.7 Å². The van der Waals surface area contributed by atoms with E-state index in [0.29, 0.717) is 19.3 Å². The molecule has 39 heavy (non-hydrogen) atoms. The molecule has 1 saturated heterocycles. The minimum atomic E-state index is -1.25. The topological polar surface area (TPSA) is 195 Å². The first-order valence-electron chi connectivity index (χ1n) is 13.2. The minimum Gasteiger partial charge on any atom is -0.481 e. The van der Waals surface area contributed by atoms with Crippen LogP contribution >= 0.6 is 0 Å². The molecule has 7 N–H and O–H groups in total. The number of carbonyl (C=O) groups excluding carboxylic acids is 3. The van der Waals surface area contributed by atoms with E-state index in [0.717, 1.165) is 16.5 Å². The number of hydrogen-bond donors (Lipinski definition) is 6. The maximum absolute atomic E-state index is 13.3. The number of carboxylic acid groups (broad SMARTS) is 2. The van der Waals surface area contributed by atoms with E-state index in [4.69, 9.17) is 5.73 Å². The first kappa shape index (κ1) is 29.6. The fraction of sp³-hybridized carbons (Fsp3) is 0.519. The molecule has 3 rings (SSSR count). The predicted octanol–water partition coefficient (Wildman–Crippen LogP) is 0.994. The standard InChI is InChI=1S/C27H37N5O7/c1-3-15(2)23(26(37)32-12-6-9-21(32)27(38)39)31-25(36)20(10-11-22(33)34)30-24(35)18(28)13-16-14-29-19-8-5-4-7-17(16)19/h4-5,7-8,14-15,18,20-21,23,29H,3,6,9-13,28H2,1-2H3,(H,30,35)(H,31,36)(H,33,34)(H,38,39). The number of aromatic nitrogens is 1. The van der Waals surface area contributed by atoms with Crippen molar-refractivity contribution in [2.45, 2.75) is 76.5 Å². The summed E-state index contributed by atoms with van der Waals surface area (Å²) < 4.78 is 0. The van der Waals surface area contributed by atoms with Crippen LogP contribution in [0.4, 0.5) is 0 Å². The Labute approximate surface area is 226 Å². The largest absolute Gasteiger partial charge is 0.481 e. The Hall–Kier alpha value is -3.93. The van der Waals surface area contributed by atoms with Crippen LogP contribution in [0.1, 0.15) is 51.5 Å². The Morgan fingerprint density at radius 2 is 1.85 bits per heavy atom. The van der Waals surface area contributed by atoms with Crippen LogP contribution in [0.2, 0.25) is 0 Å². The number of hydrogen-bond acceptors (Lipinski definition) is 6. The number of benzene rings is 1. The van der Waals surface area contributed by atoms with Crippen molar-refractivity contribution in [3.05, 3.63) is 36.0 Å². The summed E-state index contributed by atoms with van der Waals surface area (Å²) in [5.41, 5.74) is 7.87. The molecule has 12 nitrogen and oxygen atoms in total. The van der Waals surface area contributed by atoms with Crippen LogP contribution in [-0.4, -0.2) is 80.5 Å². The summed E-state index contributed by atoms with van der Waals surface area (Å²) in [6.07, 6.45) is 2.72. The second-order valence-corrected chi connectivity index (χ2v) is 10.1. The highest BCUT2D eigenvalue weighted by molar-refractivity contribution is 5.95. The maximum atomic E-state index is 13.3. The third kappa shape index (κ3) is 7.34.